The number of nitrogens with one attached hydrogen (secondary N) is 2. The van der Waals surface area contributed by atoms with Crippen LogP contribution in [-0.4, -0.2) is 81.7 Å². The predicted octanol–water partition coefficient (Wildman–Crippen LogP) is 5.11. The normalized spacial score (nSPS) is 33.2. The number of rotatable bonds is 9. The average molecular weight is 824 g/mol. The maximum absolute atomic E-state index is 14.3. The molecule has 3 amide bonds. The minimum Gasteiger partial charge on any atom is -0.459 e. The Morgan fingerprint density at radius 1 is 0.917 bits per heavy atom. The molecule has 8 rings (SSSR count). The van der Waals surface area contributed by atoms with Crippen LogP contribution in [0.5, 0.6) is 0 Å². The molecule has 5 aliphatic rings. The topological polar surface area (TPSA) is 202 Å². The van der Waals surface area contributed by atoms with Gasteiger partial charge in [-0.25, -0.2) is 14.4 Å². The number of alkyl carbamates (subject to hydrolysis) is 1. The second-order valence-electron chi connectivity index (χ2n) is 17.9. The van der Waals surface area contributed by atoms with Gasteiger partial charge in [-0.05, 0) is 123 Å². The first-order chi connectivity index (χ1) is 28.7. The number of esters is 1. The van der Waals surface area contributed by atoms with Gasteiger partial charge in [-0.3, -0.25) is 14.4 Å². The average Bonchev–Trinajstić information content (AvgIpc) is 3.86. The minimum atomic E-state index is -1.33. The van der Waals surface area contributed by atoms with Gasteiger partial charge in [0, 0.05) is 30.1 Å². The molecule has 318 valence electrons. The fourth-order valence-electron chi connectivity index (χ4n) is 11.7. The van der Waals surface area contributed by atoms with Crippen LogP contribution in [0.2, 0.25) is 0 Å². The number of aliphatic hydroxyl groups excluding tert-OH is 1. The van der Waals surface area contributed by atoms with Crippen molar-refractivity contribution in [3.05, 3.63) is 100 Å². The lowest BCUT2D eigenvalue weighted by Gasteiger charge is -2.64. The fraction of sp³-hybridized carbons (Fsp3) is 0.522. The number of likely N-dealkylation sites (tertiary alicyclic amines) is 1. The highest BCUT2D eigenvalue weighted by Gasteiger charge is 2.73. The van der Waals surface area contributed by atoms with Crippen LogP contribution in [-0.2, 0) is 30.5 Å². The quantitative estimate of drug-likeness (QED) is 0.209. The zero-order chi connectivity index (χ0) is 42.4. The van der Waals surface area contributed by atoms with Gasteiger partial charge in [-0.1, -0.05) is 37.3 Å². The minimum absolute atomic E-state index is 0.0603. The molecule has 1 saturated heterocycles. The smallest absolute Gasteiger partial charge is 0.407 e. The summed E-state index contributed by atoms with van der Waals surface area (Å²) >= 11 is 0. The highest BCUT2D eigenvalue weighted by molar-refractivity contribution is 5.98. The van der Waals surface area contributed by atoms with Gasteiger partial charge in [0.15, 0.2) is 5.78 Å². The molecule has 3 aromatic rings. The Kier molecular flexibility index (Phi) is 11.2. The van der Waals surface area contributed by atoms with Gasteiger partial charge in [0.25, 0.3) is 0 Å². The van der Waals surface area contributed by atoms with Crippen LogP contribution in [0, 0.1) is 28.6 Å². The van der Waals surface area contributed by atoms with Crippen molar-refractivity contribution in [2.24, 2.45) is 28.6 Å². The summed E-state index contributed by atoms with van der Waals surface area (Å²) in [4.78, 5) is 79.2. The number of hydrogen-bond acceptors (Lipinski definition) is 11. The molecule has 60 heavy (non-hydrogen) atoms. The van der Waals surface area contributed by atoms with E-state index in [9.17, 15) is 39.0 Å². The summed E-state index contributed by atoms with van der Waals surface area (Å²) in [6.45, 7) is 4.02. The third kappa shape index (κ3) is 7.31. The second-order valence-corrected chi connectivity index (χ2v) is 17.9. The van der Waals surface area contributed by atoms with E-state index in [2.05, 4.69) is 17.6 Å². The van der Waals surface area contributed by atoms with Crippen molar-refractivity contribution in [3.63, 3.8) is 0 Å². The molecule has 4 aliphatic carbocycles. The summed E-state index contributed by atoms with van der Waals surface area (Å²) in [5, 5.41) is 29.7. The van der Waals surface area contributed by atoms with E-state index in [1.165, 1.54) is 17.2 Å². The summed E-state index contributed by atoms with van der Waals surface area (Å²) in [6.07, 6.45) is 4.15. The lowest BCUT2D eigenvalue weighted by molar-refractivity contribution is -0.228. The zero-order valence-electron chi connectivity index (χ0n) is 34.0. The van der Waals surface area contributed by atoms with Gasteiger partial charge in [-0.2, -0.15) is 0 Å². The van der Waals surface area contributed by atoms with Gasteiger partial charge in [-0.15, -0.1) is 0 Å². The summed E-state index contributed by atoms with van der Waals surface area (Å²) in [5.74, 6) is -2.72. The molecule has 4 N–H and O–H groups in total. The Labute approximate surface area is 348 Å². The van der Waals surface area contributed by atoms with Gasteiger partial charge in [0.2, 0.25) is 11.8 Å². The Balaban J connectivity index is 0.841. The molecule has 0 radical (unpaired) electrons. The number of hydrogen-bond donors (Lipinski definition) is 4. The van der Waals surface area contributed by atoms with Crippen LogP contribution in [0.4, 0.5) is 10.5 Å². The zero-order valence-corrected chi connectivity index (χ0v) is 34.0. The van der Waals surface area contributed by atoms with Crippen molar-refractivity contribution in [1.82, 2.24) is 10.2 Å². The molecule has 14 nitrogen and oxygen atoms in total. The number of ether oxygens (including phenoxy) is 2. The Morgan fingerprint density at radius 2 is 1.68 bits per heavy atom. The molecule has 4 saturated carbocycles. The van der Waals surface area contributed by atoms with Gasteiger partial charge in [0.1, 0.15) is 31.4 Å². The maximum atomic E-state index is 14.3. The Morgan fingerprint density at radius 3 is 2.42 bits per heavy atom. The molecule has 10 atom stereocenters. The van der Waals surface area contributed by atoms with Crippen LogP contribution < -0.4 is 16.3 Å². The standard InChI is InChI=1S/C46H53N3O11/c1-44-20-18-32(23-30(44)13-16-34-38(44)39(52)40(53)45(2)33(19-21-46(34,45)57)29-12-17-37(51)58-26-29)60-42(55)28-10-14-31(15-11-28)48-41(54)35-9-6-22-49(35)36(50)24-47-43(56)59-25-27-7-4-3-5-8-27/h3-5,7-8,10-12,14-15,17,26,30,32-35,38-39,52,57H,6,9,13,16,18-25H2,1-2H3,(H,47,56)(H,48,54)/t30-,32+,33-,34-,35+,38-,39+,44+,45+,46+/m1/s1. The van der Waals surface area contributed by atoms with E-state index in [0.717, 1.165) is 12.0 Å². The van der Waals surface area contributed by atoms with E-state index in [-0.39, 0.29) is 42.8 Å². The Bertz CT molecular complexity index is 2170. The molecule has 14 heteroatoms. The van der Waals surface area contributed by atoms with Crippen molar-refractivity contribution in [3.8, 4) is 0 Å². The molecule has 0 spiro atoms. The van der Waals surface area contributed by atoms with Crippen LogP contribution in [0.25, 0.3) is 0 Å². The molecule has 5 fully saturated rings. The SMILES string of the molecule is C[C@]12CC[C@H](OC(=O)c3ccc(NC(=O)[C@@H]4CCCN4C(=O)CNC(=O)OCc4ccccc4)cc3)C[C@H]1CC[C@@H]1[C@@H]2[C@H](O)C(=O)[C@]2(C)[C@@H](c3ccc(=O)oc3)CC[C@]12O. The first-order valence-electron chi connectivity index (χ1n) is 21.1. The molecule has 1 aromatic heterocycles. The molecule has 2 heterocycles. The molecule has 0 bridgehead atoms. The number of aliphatic hydroxyl groups is 2. The number of carbonyl (C=O) groups is 5. The van der Waals surface area contributed by atoms with Gasteiger partial charge < -0.3 is 39.6 Å². The summed E-state index contributed by atoms with van der Waals surface area (Å²) in [5.41, 5.74) is -1.27. The number of fused-ring (bicyclic) bond motifs is 5. The van der Waals surface area contributed by atoms with Gasteiger partial charge in [0.05, 0.1) is 22.8 Å². The number of amides is 3. The van der Waals surface area contributed by atoms with E-state index >= 15 is 0 Å². The van der Waals surface area contributed by atoms with E-state index < -0.39 is 64.0 Å². The van der Waals surface area contributed by atoms with Crippen molar-refractivity contribution in [2.45, 2.75) is 108 Å². The van der Waals surface area contributed by atoms with Crippen molar-refractivity contribution in [2.75, 3.05) is 18.4 Å². The number of Topliss-reactive ketones (excluding diaryl/α,β-unsaturated/α-hetero) is 1. The summed E-state index contributed by atoms with van der Waals surface area (Å²) < 4.78 is 16.3. The third-order valence-electron chi connectivity index (χ3n) is 14.9. The van der Waals surface area contributed by atoms with Crippen LogP contribution in [0.1, 0.15) is 99.0 Å². The molecule has 1 aliphatic heterocycles. The summed E-state index contributed by atoms with van der Waals surface area (Å²) in [6, 6.07) is 17.8. The maximum Gasteiger partial charge on any atom is 0.407 e. The monoisotopic (exact) mass is 823 g/mol. The Hall–Kier alpha value is -5.34. The van der Waals surface area contributed by atoms with Crippen LogP contribution >= 0.6 is 0 Å². The van der Waals surface area contributed by atoms with E-state index in [0.29, 0.717) is 74.7 Å². The van der Waals surface area contributed by atoms with Crippen LogP contribution in [0.15, 0.2) is 82.2 Å². The number of benzene rings is 2. The first-order valence-corrected chi connectivity index (χ1v) is 21.1. The third-order valence-corrected chi connectivity index (χ3v) is 14.9. The van der Waals surface area contributed by atoms with Crippen molar-refractivity contribution < 1.29 is 48.1 Å². The molecule has 2 aromatic carbocycles. The largest absolute Gasteiger partial charge is 0.459 e. The van der Waals surface area contributed by atoms with E-state index in [4.69, 9.17) is 13.9 Å². The molecular formula is C46H53N3O11. The van der Waals surface area contributed by atoms with E-state index in [1.54, 1.807) is 37.3 Å². The number of anilines is 1. The highest BCUT2D eigenvalue weighted by Crippen LogP contribution is 2.69. The lowest BCUT2D eigenvalue weighted by Crippen LogP contribution is -2.70. The van der Waals surface area contributed by atoms with E-state index in [1.807, 2.05) is 30.3 Å². The van der Waals surface area contributed by atoms with Crippen molar-refractivity contribution >= 4 is 35.3 Å². The van der Waals surface area contributed by atoms with Crippen molar-refractivity contribution in [1.29, 1.82) is 0 Å². The second kappa shape index (κ2) is 16.3. The number of carbonyl (C=O) groups excluding carboxylic acids is 5. The first kappa shape index (κ1) is 41.4. The predicted molar refractivity (Wildman–Crippen MR) is 216 cm³/mol. The molecule has 0 unspecified atom stereocenters. The molecular weight excluding hydrogens is 771 g/mol. The number of nitrogens with zero attached hydrogens (tertiary/aromatic N) is 1. The lowest BCUT2D eigenvalue weighted by atomic mass is 9.42. The van der Waals surface area contributed by atoms with Gasteiger partial charge >= 0.3 is 17.7 Å². The number of ketones is 1. The fourth-order valence-corrected chi connectivity index (χ4v) is 11.7. The summed E-state index contributed by atoms with van der Waals surface area (Å²) in [7, 11) is 0. The highest BCUT2D eigenvalue weighted by atomic mass is 16.5. The van der Waals surface area contributed by atoms with Crippen LogP contribution in [0.3, 0.4) is 0 Å².